The molecule has 3 N–H and O–H groups in total. The van der Waals surface area contributed by atoms with Gasteiger partial charge in [-0.1, -0.05) is 6.42 Å². The predicted octanol–water partition coefficient (Wildman–Crippen LogP) is 0.934. The quantitative estimate of drug-likeness (QED) is 0.612. The Balaban J connectivity index is 1.94. The van der Waals surface area contributed by atoms with Gasteiger partial charge in [-0.2, -0.15) is 4.98 Å². The van der Waals surface area contributed by atoms with E-state index in [1.54, 1.807) is 6.07 Å². The molecule has 0 saturated carbocycles. The normalized spacial score (nSPS) is 20.7. The molecule has 1 fully saturated rings. The number of hydrogen-bond acceptors (Lipinski definition) is 6. The summed E-state index contributed by atoms with van der Waals surface area (Å²) in [5.74, 6) is 7.15. The third-order valence-corrected chi connectivity index (χ3v) is 3.31. The van der Waals surface area contributed by atoms with E-state index in [1.165, 1.54) is 19.3 Å². The van der Waals surface area contributed by atoms with Gasteiger partial charge >= 0.3 is 0 Å². The third kappa shape index (κ3) is 3.30. The minimum atomic E-state index is 0.475. The van der Waals surface area contributed by atoms with Crippen molar-refractivity contribution >= 4 is 5.82 Å². The van der Waals surface area contributed by atoms with E-state index >= 15 is 0 Å². The van der Waals surface area contributed by atoms with Crippen LogP contribution in [-0.2, 0) is 0 Å². The number of hydrogen-bond donors (Lipinski definition) is 2. The number of nitrogens with zero attached hydrogens (tertiary/aromatic N) is 3. The average Bonchev–Trinajstić information content (AvgIpc) is 2.37. The van der Waals surface area contributed by atoms with Crippen LogP contribution in [0.5, 0.6) is 5.88 Å². The summed E-state index contributed by atoms with van der Waals surface area (Å²) in [5.41, 5.74) is 2.51. The molecule has 1 saturated heterocycles. The number of piperidine rings is 1. The number of likely N-dealkylation sites (N-methyl/N-ethyl adjacent to an activating group) is 1. The van der Waals surface area contributed by atoms with Crippen molar-refractivity contribution < 1.29 is 4.74 Å². The minimum absolute atomic E-state index is 0.475. The van der Waals surface area contributed by atoms with Crippen molar-refractivity contribution in [1.82, 2.24) is 14.9 Å². The summed E-state index contributed by atoms with van der Waals surface area (Å²) in [5, 5.41) is 0. The number of anilines is 1. The third-order valence-electron chi connectivity index (χ3n) is 3.31. The van der Waals surface area contributed by atoms with Crippen LogP contribution >= 0.6 is 0 Å². The van der Waals surface area contributed by atoms with Gasteiger partial charge in [0.2, 0.25) is 5.88 Å². The first-order valence-corrected chi connectivity index (χ1v) is 6.34. The van der Waals surface area contributed by atoms with Crippen molar-refractivity contribution in [2.75, 3.05) is 25.6 Å². The van der Waals surface area contributed by atoms with Gasteiger partial charge in [0.1, 0.15) is 18.2 Å². The fourth-order valence-electron chi connectivity index (χ4n) is 2.22. The van der Waals surface area contributed by atoms with Crippen LogP contribution in [0.2, 0.25) is 0 Å². The lowest BCUT2D eigenvalue weighted by Gasteiger charge is -2.31. The van der Waals surface area contributed by atoms with Gasteiger partial charge in [-0.05, 0) is 33.4 Å². The highest BCUT2D eigenvalue weighted by Gasteiger charge is 2.19. The molecule has 1 aromatic rings. The molecule has 6 heteroatoms. The van der Waals surface area contributed by atoms with E-state index in [2.05, 4.69) is 27.3 Å². The molecule has 1 unspecified atom stereocenters. The van der Waals surface area contributed by atoms with Gasteiger partial charge in [0.15, 0.2) is 0 Å². The zero-order chi connectivity index (χ0) is 13.0. The second kappa shape index (κ2) is 5.97. The number of rotatable bonds is 4. The number of hydrazine groups is 1. The van der Waals surface area contributed by atoms with E-state index in [4.69, 9.17) is 10.6 Å². The molecule has 6 nitrogen and oxygen atoms in total. The maximum absolute atomic E-state index is 5.75. The molecule has 0 radical (unpaired) electrons. The Labute approximate surface area is 108 Å². The van der Waals surface area contributed by atoms with Crippen molar-refractivity contribution in [3.63, 3.8) is 0 Å². The topological polar surface area (TPSA) is 76.3 Å². The fourth-order valence-corrected chi connectivity index (χ4v) is 2.22. The molecule has 1 aliphatic rings. The number of likely N-dealkylation sites (tertiary alicyclic amines) is 1. The Hall–Kier alpha value is -1.40. The lowest BCUT2D eigenvalue weighted by molar-refractivity contribution is 0.122. The van der Waals surface area contributed by atoms with E-state index in [0.717, 1.165) is 6.54 Å². The summed E-state index contributed by atoms with van der Waals surface area (Å²) in [6, 6.07) is 2.19. The monoisotopic (exact) mass is 251 g/mol. The number of nitrogens with one attached hydrogen (secondary N) is 1. The molecular formula is C12H21N5O. The fraction of sp³-hybridized carbons (Fsp3) is 0.667. The number of aryl methyl sites for hydroxylation is 1. The summed E-state index contributed by atoms with van der Waals surface area (Å²) < 4.78 is 5.75. The SMILES string of the molecule is Cc1nc(NN)cc(OCC2CCCCN2C)n1. The van der Waals surface area contributed by atoms with Crippen LogP contribution < -0.4 is 16.0 Å². The van der Waals surface area contributed by atoms with Crippen LogP contribution in [0.15, 0.2) is 6.07 Å². The van der Waals surface area contributed by atoms with Crippen molar-refractivity contribution in [3.05, 3.63) is 11.9 Å². The molecule has 1 aliphatic heterocycles. The first-order chi connectivity index (χ1) is 8.69. The van der Waals surface area contributed by atoms with Crippen LogP contribution in [0.25, 0.3) is 0 Å². The van der Waals surface area contributed by atoms with Crippen molar-refractivity contribution in [1.29, 1.82) is 0 Å². The highest BCUT2D eigenvalue weighted by atomic mass is 16.5. The second-order valence-corrected chi connectivity index (χ2v) is 4.72. The summed E-state index contributed by atoms with van der Waals surface area (Å²) in [6.45, 7) is 3.63. The van der Waals surface area contributed by atoms with Crippen molar-refractivity contribution in [2.24, 2.45) is 5.84 Å². The Morgan fingerprint density at radius 3 is 3.06 bits per heavy atom. The number of aromatic nitrogens is 2. The van der Waals surface area contributed by atoms with Gasteiger partial charge < -0.3 is 15.1 Å². The van der Waals surface area contributed by atoms with Gasteiger partial charge in [-0.15, -0.1) is 0 Å². The highest BCUT2D eigenvalue weighted by molar-refractivity contribution is 5.36. The van der Waals surface area contributed by atoms with Crippen LogP contribution in [0.4, 0.5) is 5.82 Å². The molecule has 0 aromatic carbocycles. The Morgan fingerprint density at radius 2 is 2.33 bits per heavy atom. The van der Waals surface area contributed by atoms with Crippen molar-refractivity contribution in [2.45, 2.75) is 32.2 Å². The minimum Gasteiger partial charge on any atom is -0.476 e. The van der Waals surface area contributed by atoms with E-state index in [-0.39, 0.29) is 0 Å². The average molecular weight is 251 g/mol. The first kappa shape index (κ1) is 13.0. The molecule has 1 atom stereocenters. The highest BCUT2D eigenvalue weighted by Crippen LogP contribution is 2.17. The van der Waals surface area contributed by atoms with E-state index in [0.29, 0.717) is 30.2 Å². The number of nitrogens with two attached hydrogens (primary N) is 1. The molecule has 2 rings (SSSR count). The van der Waals surface area contributed by atoms with Crippen LogP contribution in [0, 0.1) is 6.92 Å². The summed E-state index contributed by atoms with van der Waals surface area (Å²) in [6.07, 6.45) is 3.74. The maximum atomic E-state index is 5.75. The Bertz CT molecular complexity index is 398. The van der Waals surface area contributed by atoms with Crippen LogP contribution in [0.1, 0.15) is 25.1 Å². The molecule has 0 spiro atoms. The summed E-state index contributed by atoms with van der Waals surface area (Å²) in [4.78, 5) is 10.7. The number of nitrogen functional groups attached to an aromatic ring is 1. The molecule has 1 aromatic heterocycles. The lowest BCUT2D eigenvalue weighted by Crippen LogP contribution is -2.40. The van der Waals surface area contributed by atoms with Crippen LogP contribution in [0.3, 0.4) is 0 Å². The molecule has 0 bridgehead atoms. The van der Waals surface area contributed by atoms with Gasteiger partial charge in [0.25, 0.3) is 0 Å². The van der Waals surface area contributed by atoms with E-state index in [1.807, 2.05) is 6.92 Å². The standard InChI is InChI=1S/C12H21N5O/c1-9-14-11(16-13)7-12(15-9)18-8-10-5-3-4-6-17(10)2/h7,10H,3-6,8,13H2,1-2H3,(H,14,15,16). The van der Waals surface area contributed by atoms with Gasteiger partial charge in [-0.3, -0.25) is 0 Å². The van der Waals surface area contributed by atoms with E-state index in [9.17, 15) is 0 Å². The van der Waals surface area contributed by atoms with Gasteiger partial charge in [-0.25, -0.2) is 10.8 Å². The van der Waals surface area contributed by atoms with Gasteiger partial charge in [0, 0.05) is 12.1 Å². The smallest absolute Gasteiger partial charge is 0.218 e. The number of ether oxygens (including phenoxy) is 1. The molecule has 0 amide bonds. The summed E-state index contributed by atoms with van der Waals surface area (Å²) in [7, 11) is 2.14. The predicted molar refractivity (Wildman–Crippen MR) is 70.3 cm³/mol. The largest absolute Gasteiger partial charge is 0.476 e. The Morgan fingerprint density at radius 1 is 1.50 bits per heavy atom. The van der Waals surface area contributed by atoms with Gasteiger partial charge in [0.05, 0.1) is 0 Å². The first-order valence-electron chi connectivity index (χ1n) is 6.34. The molecule has 18 heavy (non-hydrogen) atoms. The molecule has 0 aliphatic carbocycles. The lowest BCUT2D eigenvalue weighted by atomic mass is 10.0. The molecule has 100 valence electrons. The van der Waals surface area contributed by atoms with Crippen molar-refractivity contribution in [3.8, 4) is 5.88 Å². The summed E-state index contributed by atoms with van der Waals surface area (Å²) >= 11 is 0. The van der Waals surface area contributed by atoms with Crippen LogP contribution in [-0.4, -0.2) is 41.1 Å². The zero-order valence-corrected chi connectivity index (χ0v) is 11.0. The maximum Gasteiger partial charge on any atom is 0.218 e. The molecule has 2 heterocycles. The molecular weight excluding hydrogens is 230 g/mol. The van der Waals surface area contributed by atoms with E-state index < -0.39 is 0 Å². The second-order valence-electron chi connectivity index (χ2n) is 4.72. The zero-order valence-electron chi connectivity index (χ0n) is 11.0. The Kier molecular flexibility index (Phi) is 4.33.